The molecule has 1 atom stereocenters. The number of amides is 1. The van der Waals surface area contributed by atoms with Gasteiger partial charge in [0.2, 0.25) is 0 Å². The molecule has 1 aromatic rings. The molecular weight excluding hydrogens is 256 g/mol. The van der Waals surface area contributed by atoms with Crippen molar-refractivity contribution in [2.75, 3.05) is 13.1 Å². The Morgan fingerprint density at radius 2 is 2.24 bits per heavy atom. The van der Waals surface area contributed by atoms with Gasteiger partial charge in [-0.15, -0.1) is 11.3 Å². The van der Waals surface area contributed by atoms with Crippen molar-refractivity contribution >= 4 is 28.8 Å². The Hall–Kier alpha value is -0.580. The smallest absolute Gasteiger partial charge is 0.265 e. The quantitative estimate of drug-likeness (QED) is 0.900. The molecule has 0 spiro atoms. The molecule has 2 heterocycles. The number of halogens is 1. The number of thiophene rings is 1. The molecule has 0 saturated carbocycles. The summed E-state index contributed by atoms with van der Waals surface area (Å²) in [4.78, 5) is 14.7. The lowest BCUT2D eigenvalue weighted by Gasteiger charge is -2.33. The molecule has 2 N–H and O–H groups in total. The van der Waals surface area contributed by atoms with E-state index in [1.54, 1.807) is 6.07 Å². The Labute approximate surface area is 111 Å². The van der Waals surface area contributed by atoms with Crippen molar-refractivity contribution in [2.24, 2.45) is 11.7 Å². The van der Waals surface area contributed by atoms with Crippen LogP contribution < -0.4 is 5.73 Å². The SMILES string of the molecule is CC(N)C1CCN(C(=O)c2sccc2Cl)CC1. The molecule has 0 bridgehead atoms. The Morgan fingerprint density at radius 3 is 2.71 bits per heavy atom. The summed E-state index contributed by atoms with van der Waals surface area (Å²) < 4.78 is 0. The maximum absolute atomic E-state index is 12.2. The summed E-state index contributed by atoms with van der Waals surface area (Å²) in [6.45, 7) is 3.62. The van der Waals surface area contributed by atoms with E-state index in [1.165, 1.54) is 11.3 Å². The molecular formula is C12H17ClN2OS. The fourth-order valence-corrected chi connectivity index (χ4v) is 3.32. The number of hydrogen-bond donors (Lipinski definition) is 1. The molecule has 0 radical (unpaired) electrons. The van der Waals surface area contributed by atoms with Gasteiger partial charge in [-0.25, -0.2) is 0 Å². The third-order valence-electron chi connectivity index (χ3n) is 3.38. The van der Waals surface area contributed by atoms with Gasteiger partial charge >= 0.3 is 0 Å². The zero-order valence-electron chi connectivity index (χ0n) is 9.86. The molecule has 1 amide bonds. The van der Waals surface area contributed by atoms with Crippen LogP contribution in [0.2, 0.25) is 5.02 Å². The monoisotopic (exact) mass is 272 g/mol. The van der Waals surface area contributed by atoms with E-state index in [0.717, 1.165) is 25.9 Å². The van der Waals surface area contributed by atoms with Crippen molar-refractivity contribution in [3.63, 3.8) is 0 Å². The Balaban J connectivity index is 1.98. The highest BCUT2D eigenvalue weighted by Crippen LogP contribution is 2.26. The molecule has 1 unspecified atom stereocenters. The summed E-state index contributed by atoms with van der Waals surface area (Å²) in [5.74, 6) is 0.603. The first-order valence-corrected chi connectivity index (χ1v) is 7.13. The second-order valence-corrected chi connectivity index (χ2v) is 5.91. The highest BCUT2D eigenvalue weighted by molar-refractivity contribution is 7.12. The summed E-state index contributed by atoms with van der Waals surface area (Å²) in [5.41, 5.74) is 5.88. The molecule has 3 nitrogen and oxygen atoms in total. The van der Waals surface area contributed by atoms with Crippen LogP contribution in [-0.2, 0) is 0 Å². The zero-order valence-corrected chi connectivity index (χ0v) is 11.4. The Morgan fingerprint density at radius 1 is 1.59 bits per heavy atom. The minimum Gasteiger partial charge on any atom is -0.338 e. The number of likely N-dealkylation sites (tertiary alicyclic amines) is 1. The van der Waals surface area contributed by atoms with Crippen molar-refractivity contribution in [3.8, 4) is 0 Å². The van der Waals surface area contributed by atoms with Crippen LogP contribution in [0.1, 0.15) is 29.4 Å². The largest absolute Gasteiger partial charge is 0.338 e. The molecule has 0 aliphatic carbocycles. The zero-order chi connectivity index (χ0) is 12.4. The van der Waals surface area contributed by atoms with Gasteiger partial charge in [-0.2, -0.15) is 0 Å². The van der Waals surface area contributed by atoms with Crippen LogP contribution in [0.4, 0.5) is 0 Å². The van der Waals surface area contributed by atoms with Gasteiger partial charge in [0, 0.05) is 19.1 Å². The fourth-order valence-electron chi connectivity index (χ4n) is 2.22. The average Bonchev–Trinajstić information content (AvgIpc) is 2.74. The highest BCUT2D eigenvalue weighted by atomic mass is 35.5. The van der Waals surface area contributed by atoms with Gasteiger partial charge in [-0.3, -0.25) is 4.79 Å². The van der Waals surface area contributed by atoms with Gasteiger partial charge in [0.25, 0.3) is 5.91 Å². The van der Waals surface area contributed by atoms with E-state index in [9.17, 15) is 4.79 Å². The second kappa shape index (κ2) is 5.38. The Kier molecular flexibility index (Phi) is 4.07. The van der Waals surface area contributed by atoms with Crippen LogP contribution in [0.25, 0.3) is 0 Å². The fraction of sp³-hybridized carbons (Fsp3) is 0.583. The van der Waals surface area contributed by atoms with Crippen molar-refractivity contribution in [1.82, 2.24) is 4.90 Å². The number of rotatable bonds is 2. The van der Waals surface area contributed by atoms with E-state index in [2.05, 4.69) is 0 Å². The number of carbonyl (C=O) groups is 1. The molecule has 1 saturated heterocycles. The minimum atomic E-state index is 0.0631. The van der Waals surface area contributed by atoms with Gasteiger partial charge in [-0.05, 0) is 37.1 Å². The standard InChI is InChI=1S/C12H17ClN2OS/c1-8(14)9-2-5-15(6-3-9)12(16)11-10(13)4-7-17-11/h4,7-9H,2-3,5-6,14H2,1H3. The van der Waals surface area contributed by atoms with Crippen LogP contribution in [-0.4, -0.2) is 29.9 Å². The van der Waals surface area contributed by atoms with Gasteiger partial charge in [0.1, 0.15) is 4.88 Å². The van der Waals surface area contributed by atoms with Crippen molar-refractivity contribution in [3.05, 3.63) is 21.3 Å². The number of carbonyl (C=O) groups excluding carboxylic acids is 1. The molecule has 0 aromatic carbocycles. The van der Waals surface area contributed by atoms with Gasteiger partial charge < -0.3 is 10.6 Å². The van der Waals surface area contributed by atoms with E-state index >= 15 is 0 Å². The first-order chi connectivity index (χ1) is 8.09. The predicted molar refractivity (Wildman–Crippen MR) is 71.6 cm³/mol. The van der Waals surface area contributed by atoms with E-state index in [0.29, 0.717) is 15.8 Å². The summed E-state index contributed by atoms with van der Waals surface area (Å²) in [6.07, 6.45) is 1.98. The normalized spacial score (nSPS) is 19.4. The lowest BCUT2D eigenvalue weighted by atomic mass is 9.91. The molecule has 5 heteroatoms. The second-order valence-electron chi connectivity index (χ2n) is 4.59. The van der Waals surface area contributed by atoms with Crippen molar-refractivity contribution in [1.29, 1.82) is 0 Å². The van der Waals surface area contributed by atoms with Crippen molar-refractivity contribution in [2.45, 2.75) is 25.8 Å². The molecule has 94 valence electrons. The average molecular weight is 273 g/mol. The van der Waals surface area contributed by atoms with Gasteiger partial charge in [0.05, 0.1) is 5.02 Å². The third kappa shape index (κ3) is 2.81. The Bertz CT molecular complexity index is 397. The van der Waals surface area contributed by atoms with Crippen LogP contribution in [0.3, 0.4) is 0 Å². The van der Waals surface area contributed by atoms with E-state index in [1.807, 2.05) is 17.2 Å². The first-order valence-electron chi connectivity index (χ1n) is 5.87. The van der Waals surface area contributed by atoms with Gasteiger partial charge in [-0.1, -0.05) is 11.6 Å². The molecule has 1 fully saturated rings. The summed E-state index contributed by atoms with van der Waals surface area (Å²) in [5, 5.41) is 2.42. The van der Waals surface area contributed by atoms with E-state index in [4.69, 9.17) is 17.3 Å². The number of nitrogens with zero attached hydrogens (tertiary/aromatic N) is 1. The summed E-state index contributed by atoms with van der Waals surface area (Å²) in [6, 6.07) is 1.99. The minimum absolute atomic E-state index is 0.0631. The maximum atomic E-state index is 12.2. The lowest BCUT2D eigenvalue weighted by molar-refractivity contribution is 0.0686. The first kappa shape index (κ1) is 12.9. The van der Waals surface area contributed by atoms with Crippen LogP contribution in [0, 0.1) is 5.92 Å². The van der Waals surface area contributed by atoms with Crippen LogP contribution >= 0.6 is 22.9 Å². The third-order valence-corrected chi connectivity index (χ3v) is 4.71. The predicted octanol–water partition coefficient (Wildman–Crippen LogP) is 2.60. The number of piperidine rings is 1. The molecule has 1 aromatic heterocycles. The van der Waals surface area contributed by atoms with Crippen molar-refractivity contribution < 1.29 is 4.79 Å². The summed E-state index contributed by atoms with van der Waals surface area (Å²) in [7, 11) is 0. The van der Waals surface area contributed by atoms with Crippen LogP contribution in [0.5, 0.6) is 0 Å². The molecule has 2 rings (SSSR count). The van der Waals surface area contributed by atoms with Crippen LogP contribution in [0.15, 0.2) is 11.4 Å². The topological polar surface area (TPSA) is 46.3 Å². The number of nitrogens with two attached hydrogens (primary N) is 1. The lowest BCUT2D eigenvalue weighted by Crippen LogP contribution is -2.42. The van der Waals surface area contributed by atoms with E-state index < -0.39 is 0 Å². The van der Waals surface area contributed by atoms with Gasteiger partial charge in [0.15, 0.2) is 0 Å². The highest BCUT2D eigenvalue weighted by Gasteiger charge is 2.26. The summed E-state index contributed by atoms with van der Waals surface area (Å²) >= 11 is 7.39. The molecule has 17 heavy (non-hydrogen) atoms. The maximum Gasteiger partial charge on any atom is 0.265 e. The number of hydrogen-bond acceptors (Lipinski definition) is 3. The molecule has 1 aliphatic heterocycles. The molecule has 1 aliphatic rings. The van der Waals surface area contributed by atoms with E-state index in [-0.39, 0.29) is 11.9 Å².